The standard InChI is InChI=1S/C22H26N6O4S/c1-16(21-25-20(26-32-21)15-17-5-3-2-4-6-17)27-11-13-28(14-12-27)22(29)24-18-7-9-19(10-8-18)33(23,30)31/h2-10,16H,11-15H2,1H3,(H,24,29)(H2,23,30,31). The molecule has 1 saturated heterocycles. The molecule has 11 heteroatoms. The minimum atomic E-state index is -3.77. The Kier molecular flexibility index (Phi) is 6.72. The number of carbonyl (C=O) groups excluding carboxylic acids is 1. The number of primary sulfonamides is 1. The summed E-state index contributed by atoms with van der Waals surface area (Å²) in [5.41, 5.74) is 1.62. The number of hydrogen-bond acceptors (Lipinski definition) is 7. The van der Waals surface area contributed by atoms with E-state index in [4.69, 9.17) is 9.66 Å². The molecule has 1 aliphatic rings. The maximum absolute atomic E-state index is 12.6. The van der Waals surface area contributed by atoms with Crippen LogP contribution in [0.4, 0.5) is 10.5 Å². The van der Waals surface area contributed by atoms with Gasteiger partial charge in [0.25, 0.3) is 0 Å². The Hall–Kier alpha value is -3.28. The summed E-state index contributed by atoms with van der Waals surface area (Å²) in [6, 6.07) is 15.4. The third-order valence-corrected chi connectivity index (χ3v) is 6.56. The van der Waals surface area contributed by atoms with Crippen molar-refractivity contribution in [3.05, 3.63) is 71.9 Å². The van der Waals surface area contributed by atoms with Crippen molar-refractivity contribution in [2.24, 2.45) is 5.14 Å². The van der Waals surface area contributed by atoms with Crippen LogP contribution in [-0.4, -0.2) is 60.6 Å². The molecule has 0 radical (unpaired) electrons. The van der Waals surface area contributed by atoms with Crippen molar-refractivity contribution in [2.45, 2.75) is 24.3 Å². The largest absolute Gasteiger partial charge is 0.338 e. The van der Waals surface area contributed by atoms with Crippen LogP contribution < -0.4 is 10.5 Å². The molecular formula is C22H26N6O4S. The molecule has 0 bridgehead atoms. The molecule has 2 heterocycles. The maximum Gasteiger partial charge on any atom is 0.321 e. The van der Waals surface area contributed by atoms with E-state index in [-0.39, 0.29) is 17.0 Å². The predicted molar refractivity (Wildman–Crippen MR) is 122 cm³/mol. The number of benzene rings is 2. The SMILES string of the molecule is CC(c1nc(Cc2ccccc2)no1)N1CCN(C(=O)Nc2ccc(S(N)(=O)=O)cc2)CC1. The van der Waals surface area contributed by atoms with Gasteiger partial charge in [-0.25, -0.2) is 18.4 Å². The average molecular weight is 471 g/mol. The Bertz CT molecular complexity index is 1190. The van der Waals surface area contributed by atoms with Crippen molar-refractivity contribution < 1.29 is 17.7 Å². The first-order valence-corrected chi connectivity index (χ1v) is 12.1. The lowest BCUT2D eigenvalue weighted by Crippen LogP contribution is -2.50. The molecule has 1 aromatic heterocycles. The highest BCUT2D eigenvalue weighted by Gasteiger charge is 2.27. The normalized spacial score (nSPS) is 15.9. The summed E-state index contributed by atoms with van der Waals surface area (Å²) in [5.74, 6) is 1.21. The van der Waals surface area contributed by atoms with Crippen LogP contribution in [0.5, 0.6) is 0 Å². The predicted octanol–water partition coefficient (Wildman–Crippen LogP) is 2.22. The number of urea groups is 1. The van der Waals surface area contributed by atoms with Crippen LogP contribution in [0.1, 0.15) is 30.2 Å². The Morgan fingerprint density at radius 2 is 1.76 bits per heavy atom. The second kappa shape index (κ2) is 9.69. The molecule has 0 aliphatic carbocycles. The van der Waals surface area contributed by atoms with E-state index in [1.165, 1.54) is 24.3 Å². The molecule has 4 rings (SSSR count). The number of amides is 2. The fourth-order valence-electron chi connectivity index (χ4n) is 3.69. The molecular weight excluding hydrogens is 444 g/mol. The van der Waals surface area contributed by atoms with Crippen molar-refractivity contribution in [1.82, 2.24) is 19.9 Å². The number of piperazine rings is 1. The third kappa shape index (κ3) is 5.75. The summed E-state index contributed by atoms with van der Waals surface area (Å²) in [6.07, 6.45) is 0.614. The van der Waals surface area contributed by atoms with E-state index in [9.17, 15) is 13.2 Å². The van der Waals surface area contributed by atoms with Crippen LogP contribution in [0.2, 0.25) is 0 Å². The first-order valence-electron chi connectivity index (χ1n) is 10.6. The minimum Gasteiger partial charge on any atom is -0.338 e. The molecule has 3 N–H and O–H groups in total. The number of nitrogens with two attached hydrogens (primary N) is 1. The number of rotatable bonds is 6. The topological polar surface area (TPSA) is 135 Å². The van der Waals surface area contributed by atoms with Gasteiger partial charge in [0.2, 0.25) is 15.9 Å². The second-order valence-corrected chi connectivity index (χ2v) is 9.47. The fourth-order valence-corrected chi connectivity index (χ4v) is 4.20. The van der Waals surface area contributed by atoms with Gasteiger partial charge in [-0.05, 0) is 36.8 Å². The lowest BCUT2D eigenvalue weighted by atomic mass is 10.1. The number of nitrogens with one attached hydrogen (secondary N) is 1. The van der Waals surface area contributed by atoms with E-state index < -0.39 is 10.0 Å². The number of carbonyl (C=O) groups is 1. The summed E-state index contributed by atoms with van der Waals surface area (Å²) in [6.45, 7) is 4.42. The summed E-state index contributed by atoms with van der Waals surface area (Å²) in [4.78, 5) is 21.0. The number of anilines is 1. The van der Waals surface area contributed by atoms with Gasteiger partial charge in [0.15, 0.2) is 5.82 Å². The molecule has 0 saturated carbocycles. The molecule has 33 heavy (non-hydrogen) atoms. The van der Waals surface area contributed by atoms with E-state index in [2.05, 4.69) is 20.4 Å². The molecule has 1 fully saturated rings. The van der Waals surface area contributed by atoms with E-state index in [0.29, 0.717) is 50.0 Å². The van der Waals surface area contributed by atoms with Crippen molar-refractivity contribution in [2.75, 3.05) is 31.5 Å². The quantitative estimate of drug-likeness (QED) is 0.564. The Balaban J connectivity index is 1.29. The van der Waals surface area contributed by atoms with Crippen LogP contribution in [0.3, 0.4) is 0 Å². The van der Waals surface area contributed by atoms with Crippen LogP contribution in [0.25, 0.3) is 0 Å². The van der Waals surface area contributed by atoms with Gasteiger partial charge in [-0.2, -0.15) is 4.98 Å². The fraction of sp³-hybridized carbons (Fsp3) is 0.318. The van der Waals surface area contributed by atoms with Crippen LogP contribution in [-0.2, 0) is 16.4 Å². The van der Waals surface area contributed by atoms with Gasteiger partial charge in [-0.1, -0.05) is 35.5 Å². The van der Waals surface area contributed by atoms with Gasteiger partial charge in [-0.15, -0.1) is 0 Å². The lowest BCUT2D eigenvalue weighted by Gasteiger charge is -2.36. The van der Waals surface area contributed by atoms with E-state index in [1.807, 2.05) is 37.3 Å². The van der Waals surface area contributed by atoms with E-state index in [0.717, 1.165) is 5.56 Å². The maximum atomic E-state index is 12.6. The van der Waals surface area contributed by atoms with Crippen molar-refractivity contribution in [3.8, 4) is 0 Å². The Labute approximate surface area is 192 Å². The first-order chi connectivity index (χ1) is 15.8. The summed E-state index contributed by atoms with van der Waals surface area (Å²) < 4.78 is 28.2. The van der Waals surface area contributed by atoms with Crippen molar-refractivity contribution >= 4 is 21.7 Å². The van der Waals surface area contributed by atoms with Gasteiger partial charge < -0.3 is 14.7 Å². The molecule has 10 nitrogen and oxygen atoms in total. The number of hydrogen-bond donors (Lipinski definition) is 2. The highest BCUT2D eigenvalue weighted by molar-refractivity contribution is 7.89. The Morgan fingerprint density at radius 1 is 1.09 bits per heavy atom. The van der Waals surface area contributed by atoms with Crippen LogP contribution in [0.15, 0.2) is 64.0 Å². The average Bonchev–Trinajstić information content (AvgIpc) is 3.27. The van der Waals surface area contributed by atoms with Gasteiger partial charge >= 0.3 is 6.03 Å². The highest BCUT2D eigenvalue weighted by Crippen LogP contribution is 2.21. The van der Waals surface area contributed by atoms with Crippen LogP contribution >= 0.6 is 0 Å². The first kappa shape index (κ1) is 22.9. The minimum absolute atomic E-state index is 0.00366. The second-order valence-electron chi connectivity index (χ2n) is 7.91. The lowest BCUT2D eigenvalue weighted by molar-refractivity contribution is 0.104. The molecule has 1 unspecified atom stereocenters. The zero-order chi connectivity index (χ0) is 23.4. The molecule has 3 aromatic rings. The van der Waals surface area contributed by atoms with Crippen LogP contribution in [0, 0.1) is 0 Å². The molecule has 2 aromatic carbocycles. The monoisotopic (exact) mass is 470 g/mol. The van der Waals surface area contributed by atoms with E-state index in [1.54, 1.807) is 4.90 Å². The molecule has 1 aliphatic heterocycles. The number of nitrogens with zero attached hydrogens (tertiary/aromatic N) is 4. The van der Waals surface area contributed by atoms with Gasteiger partial charge in [0.1, 0.15) is 0 Å². The number of sulfonamides is 1. The van der Waals surface area contributed by atoms with Gasteiger partial charge in [-0.3, -0.25) is 4.90 Å². The van der Waals surface area contributed by atoms with Gasteiger partial charge in [0.05, 0.1) is 10.9 Å². The molecule has 2 amide bonds. The van der Waals surface area contributed by atoms with Gasteiger partial charge in [0, 0.05) is 38.3 Å². The van der Waals surface area contributed by atoms with E-state index >= 15 is 0 Å². The van der Waals surface area contributed by atoms with Crippen molar-refractivity contribution in [3.63, 3.8) is 0 Å². The van der Waals surface area contributed by atoms with Crippen molar-refractivity contribution in [1.29, 1.82) is 0 Å². The highest BCUT2D eigenvalue weighted by atomic mass is 32.2. The summed E-state index contributed by atoms with van der Waals surface area (Å²) >= 11 is 0. The Morgan fingerprint density at radius 3 is 2.39 bits per heavy atom. The number of aromatic nitrogens is 2. The smallest absolute Gasteiger partial charge is 0.321 e. The molecule has 0 spiro atoms. The molecule has 174 valence electrons. The third-order valence-electron chi connectivity index (χ3n) is 5.63. The summed E-state index contributed by atoms with van der Waals surface area (Å²) in [7, 11) is -3.77. The molecule has 1 atom stereocenters. The zero-order valence-corrected chi connectivity index (χ0v) is 19.0. The zero-order valence-electron chi connectivity index (χ0n) is 18.2. The summed E-state index contributed by atoms with van der Waals surface area (Å²) in [5, 5.41) is 12.0.